The fourth-order valence-corrected chi connectivity index (χ4v) is 4.07. The Morgan fingerprint density at radius 1 is 0.967 bits per heavy atom. The Kier molecular flexibility index (Phi) is 4.11. The third-order valence-electron chi connectivity index (χ3n) is 5.52. The molecule has 5 aromatic rings. The molecular formula is C26H18FN2O+. The van der Waals surface area contributed by atoms with E-state index in [0.717, 1.165) is 44.3 Å². The molecule has 0 unspecified atom stereocenters. The van der Waals surface area contributed by atoms with Gasteiger partial charge in [0, 0.05) is 16.8 Å². The molecular weight excluding hydrogens is 375 g/mol. The van der Waals surface area contributed by atoms with Crippen molar-refractivity contribution in [1.29, 1.82) is 0 Å². The molecule has 0 saturated carbocycles. The number of aromatic nitrogens is 1. The van der Waals surface area contributed by atoms with Gasteiger partial charge >= 0.3 is 0 Å². The van der Waals surface area contributed by atoms with E-state index in [9.17, 15) is 4.39 Å². The zero-order valence-corrected chi connectivity index (χ0v) is 16.6. The SMILES string of the molecule is [C-]#[N+]c1cc2oc3c(-c4ccc(F)c[n+]4C)c(C)ccc3c2cc1-c1ccccc1. The van der Waals surface area contributed by atoms with Gasteiger partial charge in [0.05, 0.1) is 12.1 Å². The number of furan rings is 1. The molecule has 2 heterocycles. The number of aryl methyl sites for hydroxylation is 2. The number of nitrogens with zero attached hydrogens (tertiary/aromatic N) is 2. The fourth-order valence-electron chi connectivity index (χ4n) is 4.07. The lowest BCUT2D eigenvalue weighted by molar-refractivity contribution is -0.661. The average molecular weight is 393 g/mol. The summed E-state index contributed by atoms with van der Waals surface area (Å²) < 4.78 is 21.7. The summed E-state index contributed by atoms with van der Waals surface area (Å²) in [6, 6.07) is 21.1. The van der Waals surface area contributed by atoms with Crippen LogP contribution in [0.3, 0.4) is 0 Å². The molecule has 30 heavy (non-hydrogen) atoms. The third kappa shape index (κ3) is 2.75. The third-order valence-corrected chi connectivity index (χ3v) is 5.52. The lowest BCUT2D eigenvalue weighted by atomic mass is 9.98. The van der Waals surface area contributed by atoms with Crippen molar-refractivity contribution < 1.29 is 13.4 Å². The Labute approximate surface area is 173 Å². The Morgan fingerprint density at radius 2 is 1.77 bits per heavy atom. The molecule has 0 aliphatic rings. The highest BCUT2D eigenvalue weighted by Crippen LogP contribution is 2.41. The predicted octanol–water partition coefficient (Wildman–Crippen LogP) is 6.74. The first-order chi connectivity index (χ1) is 14.6. The van der Waals surface area contributed by atoms with Gasteiger partial charge in [0.2, 0.25) is 11.9 Å². The van der Waals surface area contributed by atoms with Gasteiger partial charge in [-0.25, -0.2) is 9.24 Å². The molecule has 3 aromatic carbocycles. The number of halogens is 1. The van der Waals surface area contributed by atoms with Crippen LogP contribution in [0.4, 0.5) is 10.1 Å². The van der Waals surface area contributed by atoms with Crippen LogP contribution in [0.5, 0.6) is 0 Å². The minimum Gasteiger partial charge on any atom is -0.456 e. The normalized spacial score (nSPS) is 11.1. The van der Waals surface area contributed by atoms with Crippen molar-refractivity contribution in [2.24, 2.45) is 7.05 Å². The summed E-state index contributed by atoms with van der Waals surface area (Å²) in [4.78, 5) is 3.73. The van der Waals surface area contributed by atoms with Crippen LogP contribution in [-0.2, 0) is 7.05 Å². The summed E-state index contributed by atoms with van der Waals surface area (Å²) in [5.41, 5.74) is 6.69. The van der Waals surface area contributed by atoms with E-state index < -0.39 is 0 Å². The van der Waals surface area contributed by atoms with Crippen molar-refractivity contribution in [2.45, 2.75) is 6.92 Å². The number of fused-ring (bicyclic) bond motifs is 3. The summed E-state index contributed by atoms with van der Waals surface area (Å²) in [6.45, 7) is 9.67. The van der Waals surface area contributed by atoms with Gasteiger partial charge in [-0.2, -0.15) is 4.57 Å². The van der Waals surface area contributed by atoms with Crippen molar-refractivity contribution in [3.63, 3.8) is 0 Å². The molecule has 0 aliphatic carbocycles. The first kappa shape index (κ1) is 18.1. The molecule has 0 amide bonds. The van der Waals surface area contributed by atoms with Crippen LogP contribution in [0.2, 0.25) is 0 Å². The van der Waals surface area contributed by atoms with E-state index in [0.29, 0.717) is 11.3 Å². The summed E-state index contributed by atoms with van der Waals surface area (Å²) in [5.74, 6) is -0.287. The second-order valence-corrected chi connectivity index (χ2v) is 7.42. The van der Waals surface area contributed by atoms with Gasteiger partial charge in [0.1, 0.15) is 18.2 Å². The van der Waals surface area contributed by atoms with E-state index in [2.05, 4.69) is 17.0 Å². The van der Waals surface area contributed by atoms with Gasteiger partial charge in [0.15, 0.2) is 11.5 Å². The Bertz CT molecular complexity index is 1480. The second-order valence-electron chi connectivity index (χ2n) is 7.42. The average Bonchev–Trinajstić information content (AvgIpc) is 3.11. The smallest absolute Gasteiger partial charge is 0.216 e. The maximum absolute atomic E-state index is 13.7. The quantitative estimate of drug-likeness (QED) is 0.240. The van der Waals surface area contributed by atoms with E-state index >= 15 is 0 Å². The predicted molar refractivity (Wildman–Crippen MR) is 117 cm³/mol. The first-order valence-electron chi connectivity index (χ1n) is 9.65. The Balaban J connectivity index is 1.85. The molecule has 5 rings (SSSR count). The highest BCUT2D eigenvalue weighted by molar-refractivity contribution is 6.12. The van der Waals surface area contributed by atoms with Crippen LogP contribution in [0.15, 0.2) is 77.3 Å². The maximum Gasteiger partial charge on any atom is 0.216 e. The van der Waals surface area contributed by atoms with E-state index in [1.807, 2.05) is 56.4 Å². The van der Waals surface area contributed by atoms with Crippen molar-refractivity contribution >= 4 is 27.6 Å². The standard InChI is InChI=1S/C26H18FN2O/c1-16-9-11-19-21-13-20(17-7-5-4-6-8-17)22(28-2)14-24(21)30-26(19)25(16)23-12-10-18(27)15-29(23)3/h4-15H,1,3H3/q+1. The van der Waals surface area contributed by atoms with Gasteiger partial charge in [0.25, 0.3) is 0 Å². The lowest BCUT2D eigenvalue weighted by Crippen LogP contribution is -2.31. The number of hydrogen-bond donors (Lipinski definition) is 0. The molecule has 4 heteroatoms. The number of benzene rings is 3. The Hall–Kier alpha value is -3.97. The maximum atomic E-state index is 13.7. The van der Waals surface area contributed by atoms with Gasteiger partial charge in [-0.05, 0) is 35.7 Å². The van der Waals surface area contributed by atoms with Crippen LogP contribution in [-0.4, -0.2) is 0 Å². The molecule has 0 radical (unpaired) electrons. The minimum absolute atomic E-state index is 0.287. The Morgan fingerprint density at radius 3 is 2.50 bits per heavy atom. The summed E-state index contributed by atoms with van der Waals surface area (Å²) in [7, 11) is 1.82. The summed E-state index contributed by atoms with van der Waals surface area (Å²) in [5, 5.41) is 1.94. The van der Waals surface area contributed by atoms with Gasteiger partial charge < -0.3 is 4.42 Å². The summed E-state index contributed by atoms with van der Waals surface area (Å²) >= 11 is 0. The first-order valence-corrected chi connectivity index (χ1v) is 9.65. The van der Waals surface area contributed by atoms with E-state index in [-0.39, 0.29) is 5.82 Å². The largest absolute Gasteiger partial charge is 0.456 e. The summed E-state index contributed by atoms with van der Waals surface area (Å²) in [6.07, 6.45) is 1.46. The minimum atomic E-state index is -0.287. The highest BCUT2D eigenvalue weighted by Gasteiger charge is 2.22. The topological polar surface area (TPSA) is 21.4 Å². The number of rotatable bonds is 2. The molecule has 0 atom stereocenters. The lowest BCUT2D eigenvalue weighted by Gasteiger charge is -2.05. The molecule has 0 spiro atoms. The van der Waals surface area contributed by atoms with Crippen LogP contribution in [0.25, 0.3) is 49.2 Å². The molecule has 0 fully saturated rings. The molecule has 144 valence electrons. The highest BCUT2D eigenvalue weighted by atomic mass is 19.1. The van der Waals surface area contributed by atoms with E-state index in [1.165, 1.54) is 12.3 Å². The van der Waals surface area contributed by atoms with Crippen LogP contribution >= 0.6 is 0 Å². The van der Waals surface area contributed by atoms with Crippen molar-refractivity contribution in [3.05, 3.63) is 95.7 Å². The van der Waals surface area contributed by atoms with Crippen LogP contribution in [0, 0.1) is 19.3 Å². The molecule has 3 nitrogen and oxygen atoms in total. The molecule has 0 bridgehead atoms. The molecule has 0 N–H and O–H groups in total. The van der Waals surface area contributed by atoms with Crippen LogP contribution < -0.4 is 4.57 Å². The van der Waals surface area contributed by atoms with Crippen molar-refractivity contribution in [2.75, 3.05) is 0 Å². The molecule has 2 aromatic heterocycles. The van der Waals surface area contributed by atoms with Crippen molar-refractivity contribution in [1.82, 2.24) is 0 Å². The van der Waals surface area contributed by atoms with Gasteiger partial charge in [-0.15, -0.1) is 0 Å². The van der Waals surface area contributed by atoms with E-state index in [4.69, 9.17) is 11.0 Å². The zero-order valence-electron chi connectivity index (χ0n) is 16.6. The van der Waals surface area contributed by atoms with Gasteiger partial charge in [-0.3, -0.25) is 0 Å². The monoisotopic (exact) mass is 393 g/mol. The second kappa shape index (κ2) is 6.82. The van der Waals surface area contributed by atoms with Gasteiger partial charge in [-0.1, -0.05) is 48.5 Å². The van der Waals surface area contributed by atoms with Crippen molar-refractivity contribution in [3.8, 4) is 22.4 Å². The number of hydrogen-bond acceptors (Lipinski definition) is 1. The molecule has 0 aliphatic heterocycles. The zero-order chi connectivity index (χ0) is 20.8. The van der Waals surface area contributed by atoms with Crippen LogP contribution in [0.1, 0.15) is 5.56 Å². The van der Waals surface area contributed by atoms with E-state index in [1.54, 1.807) is 10.6 Å². The number of pyridine rings is 1. The fraction of sp³-hybridized carbons (Fsp3) is 0.0769. The molecule has 0 saturated heterocycles.